The van der Waals surface area contributed by atoms with Crippen LogP contribution in [0.3, 0.4) is 0 Å². The van der Waals surface area contributed by atoms with Gasteiger partial charge in [-0.25, -0.2) is 8.42 Å². The molecule has 0 radical (unpaired) electrons. The van der Waals surface area contributed by atoms with Crippen LogP contribution in [0.4, 0.5) is 11.4 Å². The second-order valence-corrected chi connectivity index (χ2v) is 7.76. The van der Waals surface area contributed by atoms with Gasteiger partial charge in [-0.3, -0.25) is 9.52 Å². The van der Waals surface area contributed by atoms with Gasteiger partial charge in [-0.2, -0.15) is 0 Å². The average molecular weight is 360 g/mol. The molecular formula is C19H24N2O3S. The van der Waals surface area contributed by atoms with E-state index in [0.29, 0.717) is 11.3 Å². The van der Waals surface area contributed by atoms with Gasteiger partial charge in [0.05, 0.1) is 11.9 Å². The van der Waals surface area contributed by atoms with Crippen LogP contribution >= 0.6 is 0 Å². The van der Waals surface area contributed by atoms with Gasteiger partial charge in [-0.1, -0.05) is 38.1 Å². The first kappa shape index (κ1) is 19.0. The van der Waals surface area contributed by atoms with Crippen LogP contribution in [-0.2, 0) is 22.9 Å². The van der Waals surface area contributed by atoms with Crippen molar-refractivity contribution in [3.8, 4) is 0 Å². The van der Waals surface area contributed by atoms with Crippen molar-refractivity contribution < 1.29 is 13.2 Å². The molecular weight excluding hydrogens is 336 g/mol. The maximum atomic E-state index is 12.7. The highest BCUT2D eigenvalue weighted by Crippen LogP contribution is 2.24. The van der Waals surface area contributed by atoms with E-state index in [1.165, 1.54) is 0 Å². The molecule has 0 spiro atoms. The average Bonchev–Trinajstić information content (AvgIpc) is 2.55. The van der Waals surface area contributed by atoms with E-state index in [1.807, 2.05) is 32.0 Å². The van der Waals surface area contributed by atoms with Gasteiger partial charge in [0.15, 0.2) is 0 Å². The summed E-state index contributed by atoms with van der Waals surface area (Å²) in [7, 11) is -3.40. The number of benzene rings is 2. The zero-order chi connectivity index (χ0) is 18.6. The molecule has 2 N–H and O–H groups in total. The molecule has 0 aliphatic rings. The largest absolute Gasteiger partial charge is 0.321 e. The van der Waals surface area contributed by atoms with E-state index in [0.717, 1.165) is 41.5 Å². The predicted octanol–water partition coefficient (Wildman–Crippen LogP) is 3.74. The molecule has 0 unspecified atom stereocenters. The molecule has 0 heterocycles. The summed E-state index contributed by atoms with van der Waals surface area (Å²) in [6.07, 6.45) is 2.72. The fourth-order valence-corrected chi connectivity index (χ4v) is 3.28. The van der Waals surface area contributed by atoms with Crippen LogP contribution in [0.5, 0.6) is 0 Å². The van der Waals surface area contributed by atoms with Crippen LogP contribution in [0.2, 0.25) is 0 Å². The SMILES string of the molecule is CCc1cccc(CC)c1NC(=O)c1ccc(C)c(NS(C)(=O)=O)c1. The van der Waals surface area contributed by atoms with Crippen LogP contribution in [0, 0.1) is 6.92 Å². The number of para-hydroxylation sites is 1. The maximum absolute atomic E-state index is 12.7. The van der Waals surface area contributed by atoms with Crippen molar-refractivity contribution in [2.45, 2.75) is 33.6 Å². The van der Waals surface area contributed by atoms with Crippen molar-refractivity contribution in [1.82, 2.24) is 0 Å². The number of carbonyl (C=O) groups is 1. The van der Waals surface area contributed by atoms with Crippen molar-refractivity contribution in [1.29, 1.82) is 0 Å². The number of nitrogens with one attached hydrogen (secondary N) is 2. The minimum Gasteiger partial charge on any atom is -0.321 e. The zero-order valence-electron chi connectivity index (χ0n) is 15.0. The minimum absolute atomic E-state index is 0.257. The summed E-state index contributed by atoms with van der Waals surface area (Å²) in [4.78, 5) is 12.7. The molecule has 0 aliphatic carbocycles. The van der Waals surface area contributed by atoms with Crippen LogP contribution in [0.25, 0.3) is 0 Å². The normalized spacial score (nSPS) is 11.2. The standard InChI is InChI=1S/C19H24N2O3S/c1-5-14-8-7-9-15(6-2)18(14)20-19(22)16-11-10-13(3)17(12-16)21-25(4,23)24/h7-12,21H,5-6H2,1-4H3,(H,20,22). The molecule has 134 valence electrons. The summed E-state index contributed by atoms with van der Waals surface area (Å²) < 4.78 is 25.4. The van der Waals surface area contributed by atoms with Gasteiger partial charge in [0.25, 0.3) is 5.91 Å². The summed E-state index contributed by atoms with van der Waals surface area (Å²) in [6, 6.07) is 11.0. The third-order valence-electron chi connectivity index (χ3n) is 4.03. The van der Waals surface area contributed by atoms with E-state index in [1.54, 1.807) is 25.1 Å². The third-order valence-corrected chi connectivity index (χ3v) is 4.62. The fraction of sp³-hybridized carbons (Fsp3) is 0.316. The van der Waals surface area contributed by atoms with Gasteiger partial charge in [-0.05, 0) is 48.6 Å². The minimum atomic E-state index is -3.40. The van der Waals surface area contributed by atoms with E-state index in [2.05, 4.69) is 10.0 Å². The summed E-state index contributed by atoms with van der Waals surface area (Å²) in [5, 5.41) is 2.99. The number of rotatable bonds is 6. The molecule has 0 bridgehead atoms. The number of carbonyl (C=O) groups excluding carboxylic acids is 1. The smallest absolute Gasteiger partial charge is 0.255 e. The first-order valence-electron chi connectivity index (χ1n) is 8.25. The lowest BCUT2D eigenvalue weighted by molar-refractivity contribution is 0.102. The Bertz CT molecular complexity index is 867. The number of sulfonamides is 1. The Morgan fingerprint density at radius 1 is 1.04 bits per heavy atom. The lowest BCUT2D eigenvalue weighted by atomic mass is 10.0. The first-order chi connectivity index (χ1) is 11.7. The molecule has 5 nitrogen and oxygen atoms in total. The molecule has 2 rings (SSSR count). The topological polar surface area (TPSA) is 75.3 Å². The number of aryl methyl sites for hydroxylation is 3. The molecule has 0 atom stereocenters. The second-order valence-electron chi connectivity index (χ2n) is 6.02. The molecule has 1 amide bonds. The van der Waals surface area contributed by atoms with E-state index < -0.39 is 10.0 Å². The molecule has 0 fully saturated rings. The molecule has 0 saturated carbocycles. The lowest BCUT2D eigenvalue weighted by Crippen LogP contribution is -2.16. The van der Waals surface area contributed by atoms with Crippen LogP contribution in [0.1, 0.15) is 40.9 Å². The third kappa shape index (κ3) is 4.82. The highest BCUT2D eigenvalue weighted by Gasteiger charge is 2.14. The first-order valence-corrected chi connectivity index (χ1v) is 10.1. The van der Waals surface area contributed by atoms with Gasteiger partial charge >= 0.3 is 0 Å². The Balaban J connectivity index is 2.35. The maximum Gasteiger partial charge on any atom is 0.255 e. The Morgan fingerprint density at radius 3 is 2.16 bits per heavy atom. The quantitative estimate of drug-likeness (QED) is 0.824. The van der Waals surface area contributed by atoms with Gasteiger partial charge in [0, 0.05) is 11.3 Å². The van der Waals surface area contributed by atoms with E-state index >= 15 is 0 Å². The molecule has 2 aromatic rings. The zero-order valence-corrected chi connectivity index (χ0v) is 15.8. The summed E-state index contributed by atoms with van der Waals surface area (Å²) in [6.45, 7) is 5.88. The van der Waals surface area contributed by atoms with Crippen molar-refractivity contribution in [3.05, 3.63) is 58.7 Å². The summed E-state index contributed by atoms with van der Waals surface area (Å²) in [5.41, 5.74) is 4.57. The number of hydrogen-bond donors (Lipinski definition) is 2. The van der Waals surface area contributed by atoms with Gasteiger partial charge in [-0.15, -0.1) is 0 Å². The summed E-state index contributed by atoms with van der Waals surface area (Å²) >= 11 is 0. The van der Waals surface area contributed by atoms with Crippen molar-refractivity contribution in [3.63, 3.8) is 0 Å². The van der Waals surface area contributed by atoms with Crippen molar-refractivity contribution in [2.24, 2.45) is 0 Å². The highest BCUT2D eigenvalue weighted by molar-refractivity contribution is 7.92. The molecule has 0 aliphatic heterocycles. The molecule has 25 heavy (non-hydrogen) atoms. The van der Waals surface area contributed by atoms with Crippen LogP contribution in [0.15, 0.2) is 36.4 Å². The molecule has 0 saturated heterocycles. The number of amides is 1. The van der Waals surface area contributed by atoms with Gasteiger partial charge in [0.2, 0.25) is 10.0 Å². The Morgan fingerprint density at radius 2 is 1.64 bits per heavy atom. The van der Waals surface area contributed by atoms with E-state index in [-0.39, 0.29) is 5.91 Å². The molecule has 0 aromatic heterocycles. The molecule has 2 aromatic carbocycles. The van der Waals surface area contributed by atoms with Crippen LogP contribution < -0.4 is 10.0 Å². The van der Waals surface area contributed by atoms with Gasteiger partial charge < -0.3 is 5.32 Å². The van der Waals surface area contributed by atoms with E-state index in [9.17, 15) is 13.2 Å². The predicted molar refractivity (Wildman–Crippen MR) is 103 cm³/mol. The Hall–Kier alpha value is -2.34. The summed E-state index contributed by atoms with van der Waals surface area (Å²) in [5.74, 6) is -0.257. The second kappa shape index (κ2) is 7.70. The van der Waals surface area contributed by atoms with Gasteiger partial charge in [0.1, 0.15) is 0 Å². The fourth-order valence-electron chi connectivity index (χ4n) is 2.66. The monoisotopic (exact) mass is 360 g/mol. The van der Waals surface area contributed by atoms with E-state index in [4.69, 9.17) is 0 Å². The lowest BCUT2D eigenvalue weighted by Gasteiger charge is -2.15. The number of anilines is 2. The number of hydrogen-bond acceptors (Lipinski definition) is 3. The van der Waals surface area contributed by atoms with Crippen molar-refractivity contribution >= 4 is 27.3 Å². The van der Waals surface area contributed by atoms with Crippen LogP contribution in [-0.4, -0.2) is 20.6 Å². The Labute approximate surface area is 149 Å². The van der Waals surface area contributed by atoms with Crippen molar-refractivity contribution in [2.75, 3.05) is 16.3 Å². The molecule has 6 heteroatoms. The highest BCUT2D eigenvalue weighted by atomic mass is 32.2. The Kier molecular flexibility index (Phi) is 5.85.